The largest absolute Gasteiger partial charge is 0.506 e. The number of aromatic hydroxyl groups is 2. The van der Waals surface area contributed by atoms with Crippen LogP contribution in [-0.2, 0) is 22.4 Å². The molecule has 0 unspecified atom stereocenters. The Balaban J connectivity index is 1.71. The van der Waals surface area contributed by atoms with E-state index >= 15 is 0 Å². The van der Waals surface area contributed by atoms with Crippen LogP contribution in [0.5, 0.6) is 11.5 Å². The molecule has 0 spiro atoms. The van der Waals surface area contributed by atoms with Crippen molar-refractivity contribution < 1.29 is 19.8 Å². The number of nitrogens with one attached hydrogen (secondary N) is 2. The third-order valence-corrected chi connectivity index (χ3v) is 6.72. The van der Waals surface area contributed by atoms with Crippen LogP contribution >= 0.6 is 63.7 Å². The Labute approximate surface area is 194 Å². The number of piperazine rings is 1. The molecule has 0 aliphatic carbocycles. The lowest BCUT2D eigenvalue weighted by Crippen LogP contribution is -2.62. The molecule has 0 saturated carbocycles. The van der Waals surface area contributed by atoms with Gasteiger partial charge >= 0.3 is 0 Å². The average molecular weight is 642 g/mol. The number of carbonyl (C=O) groups excluding carboxylic acids is 2. The molecule has 2 amide bonds. The molecule has 2 atom stereocenters. The molecule has 0 aromatic heterocycles. The summed E-state index contributed by atoms with van der Waals surface area (Å²) in [5.41, 5.74) is 1.56. The molecule has 3 rings (SSSR count). The summed E-state index contributed by atoms with van der Waals surface area (Å²) in [5.74, 6) is -0.400. The highest BCUT2D eigenvalue weighted by Crippen LogP contribution is 2.35. The molecule has 6 nitrogen and oxygen atoms in total. The zero-order valence-electron chi connectivity index (χ0n) is 14.1. The number of hydrogen-bond donors (Lipinski definition) is 4. The minimum atomic E-state index is -0.703. The fourth-order valence-corrected chi connectivity index (χ4v) is 5.47. The lowest BCUT2D eigenvalue weighted by Gasteiger charge is -2.30. The number of benzene rings is 2. The molecule has 0 bridgehead atoms. The fraction of sp³-hybridized carbons (Fsp3) is 0.222. The molecule has 1 heterocycles. The summed E-state index contributed by atoms with van der Waals surface area (Å²) in [4.78, 5) is 25.0. The third kappa shape index (κ3) is 4.72. The second-order valence-electron chi connectivity index (χ2n) is 6.35. The van der Waals surface area contributed by atoms with Crippen LogP contribution in [0.1, 0.15) is 11.1 Å². The Kier molecular flexibility index (Phi) is 6.73. The van der Waals surface area contributed by atoms with E-state index in [-0.39, 0.29) is 36.2 Å². The molecule has 0 radical (unpaired) electrons. The van der Waals surface area contributed by atoms with Crippen molar-refractivity contribution in [2.75, 3.05) is 0 Å². The van der Waals surface area contributed by atoms with E-state index in [1.807, 2.05) is 0 Å². The van der Waals surface area contributed by atoms with Crippen LogP contribution in [0, 0.1) is 0 Å². The first-order chi connectivity index (χ1) is 13.2. The van der Waals surface area contributed by atoms with Crippen LogP contribution in [0.4, 0.5) is 0 Å². The summed E-state index contributed by atoms with van der Waals surface area (Å²) in [6.07, 6.45) is 0.580. The zero-order valence-corrected chi connectivity index (χ0v) is 20.4. The summed E-state index contributed by atoms with van der Waals surface area (Å²) in [5, 5.41) is 25.1. The van der Waals surface area contributed by atoms with Crippen LogP contribution in [0.25, 0.3) is 0 Å². The van der Waals surface area contributed by atoms with Gasteiger partial charge in [0, 0.05) is 12.8 Å². The first kappa shape index (κ1) is 21.6. The van der Waals surface area contributed by atoms with Gasteiger partial charge in [0.25, 0.3) is 0 Å². The third-order valence-electron chi connectivity index (χ3n) is 4.30. The number of halogens is 4. The van der Waals surface area contributed by atoms with Crippen LogP contribution in [-0.4, -0.2) is 34.1 Å². The topological polar surface area (TPSA) is 98.7 Å². The summed E-state index contributed by atoms with van der Waals surface area (Å²) in [7, 11) is 0. The zero-order chi connectivity index (χ0) is 20.6. The van der Waals surface area contributed by atoms with Gasteiger partial charge in [-0.3, -0.25) is 9.59 Å². The first-order valence-corrected chi connectivity index (χ1v) is 11.3. The Bertz CT molecular complexity index is 843. The van der Waals surface area contributed by atoms with Gasteiger partial charge in [0.05, 0.1) is 17.9 Å². The van der Waals surface area contributed by atoms with E-state index in [1.165, 1.54) is 0 Å². The average Bonchev–Trinajstić information content (AvgIpc) is 2.61. The standard InChI is InChI=1S/C18H14Br4N2O4/c19-9-1-7(2-10(20)15(9)25)5-13-17(27)24-14(18(28)23-13)6-8-3-11(21)16(26)12(22)4-8/h1-4,13-14,25-26H,5-6H2,(H,23,28)(H,24,27)/t13-,14-/m0/s1. The van der Waals surface area contributed by atoms with Gasteiger partial charge in [-0.25, -0.2) is 0 Å². The van der Waals surface area contributed by atoms with E-state index in [9.17, 15) is 19.8 Å². The molecule has 1 aliphatic rings. The van der Waals surface area contributed by atoms with Crippen LogP contribution < -0.4 is 10.6 Å². The number of amides is 2. The van der Waals surface area contributed by atoms with Gasteiger partial charge in [-0.05, 0) is 99.1 Å². The quantitative estimate of drug-likeness (QED) is 0.407. The molecule has 148 valence electrons. The van der Waals surface area contributed by atoms with Crippen LogP contribution in [0.2, 0.25) is 0 Å². The van der Waals surface area contributed by atoms with Crippen LogP contribution in [0.3, 0.4) is 0 Å². The Morgan fingerprint density at radius 3 is 1.25 bits per heavy atom. The highest BCUT2D eigenvalue weighted by molar-refractivity contribution is 9.11. The molecule has 4 N–H and O–H groups in total. The number of carbonyl (C=O) groups is 2. The Hall–Kier alpha value is -1.10. The molecular formula is C18H14Br4N2O4. The molecule has 2 aromatic rings. The van der Waals surface area contributed by atoms with Crippen molar-refractivity contribution >= 4 is 75.5 Å². The Morgan fingerprint density at radius 1 is 0.679 bits per heavy atom. The van der Waals surface area contributed by atoms with Crippen LogP contribution in [0.15, 0.2) is 42.2 Å². The highest BCUT2D eigenvalue weighted by atomic mass is 79.9. The van der Waals surface area contributed by atoms with Crippen molar-refractivity contribution in [3.63, 3.8) is 0 Å². The molecule has 1 saturated heterocycles. The molecule has 1 fully saturated rings. The predicted molar refractivity (Wildman–Crippen MR) is 118 cm³/mol. The molecule has 2 aromatic carbocycles. The number of rotatable bonds is 4. The number of phenolic OH excluding ortho intramolecular Hbond substituents is 2. The smallest absolute Gasteiger partial charge is 0.243 e. The minimum Gasteiger partial charge on any atom is -0.506 e. The van der Waals surface area contributed by atoms with Crippen molar-refractivity contribution in [2.24, 2.45) is 0 Å². The van der Waals surface area contributed by atoms with Crippen molar-refractivity contribution in [1.82, 2.24) is 10.6 Å². The highest BCUT2D eigenvalue weighted by Gasteiger charge is 2.34. The maximum Gasteiger partial charge on any atom is 0.243 e. The van der Waals surface area contributed by atoms with Gasteiger partial charge in [-0.15, -0.1) is 0 Å². The molecular weight excluding hydrogens is 628 g/mol. The normalized spacial score (nSPS) is 19.3. The first-order valence-electron chi connectivity index (χ1n) is 8.10. The summed E-state index contributed by atoms with van der Waals surface area (Å²) < 4.78 is 2.00. The number of hydrogen-bond acceptors (Lipinski definition) is 4. The maximum atomic E-state index is 12.5. The van der Waals surface area contributed by atoms with Crippen molar-refractivity contribution in [1.29, 1.82) is 0 Å². The fourth-order valence-electron chi connectivity index (χ4n) is 2.91. The van der Waals surface area contributed by atoms with E-state index < -0.39 is 12.1 Å². The van der Waals surface area contributed by atoms with Crippen molar-refractivity contribution in [3.8, 4) is 11.5 Å². The van der Waals surface area contributed by atoms with E-state index in [4.69, 9.17) is 0 Å². The lowest BCUT2D eigenvalue weighted by atomic mass is 9.98. The molecule has 10 heteroatoms. The van der Waals surface area contributed by atoms with Gasteiger partial charge in [0.15, 0.2) is 0 Å². The van der Waals surface area contributed by atoms with Crippen molar-refractivity contribution in [3.05, 3.63) is 53.3 Å². The van der Waals surface area contributed by atoms with Gasteiger partial charge < -0.3 is 20.8 Å². The van der Waals surface area contributed by atoms with E-state index in [2.05, 4.69) is 74.4 Å². The van der Waals surface area contributed by atoms with Gasteiger partial charge in [0.2, 0.25) is 11.8 Å². The second kappa shape index (κ2) is 8.73. The predicted octanol–water partition coefficient (Wildman–Crippen LogP) is 3.92. The van der Waals surface area contributed by atoms with E-state index in [1.54, 1.807) is 24.3 Å². The lowest BCUT2D eigenvalue weighted by molar-refractivity contribution is -0.136. The second-order valence-corrected chi connectivity index (χ2v) is 9.76. The van der Waals surface area contributed by atoms with E-state index in [0.717, 1.165) is 11.1 Å². The molecule has 28 heavy (non-hydrogen) atoms. The van der Waals surface area contributed by atoms with E-state index in [0.29, 0.717) is 17.9 Å². The minimum absolute atomic E-state index is 0.0761. The summed E-state index contributed by atoms with van der Waals surface area (Å²) in [6, 6.07) is 5.42. The SMILES string of the molecule is O=C1N[C@@H](Cc2cc(Br)c(O)c(Br)c2)C(=O)N[C@H]1Cc1cc(Br)c(O)c(Br)c1. The summed E-state index contributed by atoms with van der Waals surface area (Å²) >= 11 is 13.0. The molecule has 1 aliphatic heterocycles. The Morgan fingerprint density at radius 2 is 0.964 bits per heavy atom. The van der Waals surface area contributed by atoms with Gasteiger partial charge in [-0.1, -0.05) is 0 Å². The van der Waals surface area contributed by atoms with Gasteiger partial charge in [0.1, 0.15) is 23.6 Å². The number of phenols is 2. The van der Waals surface area contributed by atoms with Crippen molar-refractivity contribution in [2.45, 2.75) is 24.9 Å². The summed E-state index contributed by atoms with van der Waals surface area (Å²) in [6.45, 7) is 0. The monoisotopic (exact) mass is 638 g/mol. The van der Waals surface area contributed by atoms with Gasteiger partial charge in [-0.2, -0.15) is 0 Å². The maximum absolute atomic E-state index is 12.5.